The molecule has 0 radical (unpaired) electrons. The fourth-order valence-corrected chi connectivity index (χ4v) is 3.20. The Morgan fingerprint density at radius 1 is 1.47 bits per heavy atom. The minimum Gasteiger partial charge on any atom is -0.330 e. The number of hydrogen-bond donors (Lipinski definition) is 2. The minimum atomic E-state index is -3.25. The number of rotatable bonds is 6. The molecule has 0 heterocycles. The Balaban J connectivity index is 2.69. The van der Waals surface area contributed by atoms with Crippen LogP contribution in [0.2, 0.25) is 0 Å². The summed E-state index contributed by atoms with van der Waals surface area (Å²) >= 11 is 3.36. The molecule has 4 nitrogen and oxygen atoms in total. The third-order valence-electron chi connectivity index (χ3n) is 2.32. The number of nitrogens with two attached hydrogens (primary N) is 1. The summed E-state index contributed by atoms with van der Waals surface area (Å²) in [7, 11) is -3.25. The van der Waals surface area contributed by atoms with E-state index >= 15 is 0 Å². The first-order valence-electron chi connectivity index (χ1n) is 5.40. The van der Waals surface area contributed by atoms with Crippen LogP contribution in [-0.2, 0) is 10.0 Å². The zero-order valence-corrected chi connectivity index (χ0v) is 12.1. The van der Waals surface area contributed by atoms with Crippen molar-refractivity contribution in [3.63, 3.8) is 0 Å². The van der Waals surface area contributed by atoms with Crippen LogP contribution in [-0.4, -0.2) is 20.7 Å². The van der Waals surface area contributed by atoms with Crippen molar-refractivity contribution in [2.24, 2.45) is 5.73 Å². The molecule has 0 amide bonds. The van der Waals surface area contributed by atoms with E-state index < -0.39 is 10.0 Å². The molecule has 0 spiro atoms. The third-order valence-corrected chi connectivity index (χ3v) is 4.35. The van der Waals surface area contributed by atoms with Gasteiger partial charge >= 0.3 is 0 Å². The van der Waals surface area contributed by atoms with Gasteiger partial charge in [0, 0.05) is 10.5 Å². The molecule has 1 aromatic carbocycles. The second-order valence-corrected chi connectivity index (χ2v) is 6.64. The summed E-state index contributed by atoms with van der Waals surface area (Å²) in [4.78, 5) is 0. The fourth-order valence-electron chi connectivity index (χ4n) is 1.45. The molecule has 6 heteroatoms. The van der Waals surface area contributed by atoms with E-state index in [9.17, 15) is 8.42 Å². The lowest BCUT2D eigenvalue weighted by molar-refractivity contribution is 0.564. The molecule has 1 rings (SSSR count). The highest BCUT2D eigenvalue weighted by Gasteiger charge is 2.15. The van der Waals surface area contributed by atoms with Crippen LogP contribution in [0.4, 0.5) is 0 Å². The first kappa shape index (κ1) is 14.6. The molecule has 0 aliphatic rings. The fraction of sp³-hybridized carbons (Fsp3) is 0.455. The van der Waals surface area contributed by atoms with Gasteiger partial charge in [0.1, 0.15) is 0 Å². The molecule has 0 aromatic heterocycles. The molecule has 0 aliphatic carbocycles. The van der Waals surface area contributed by atoms with E-state index in [4.69, 9.17) is 5.73 Å². The van der Waals surface area contributed by atoms with Crippen LogP contribution in [0.1, 0.15) is 24.9 Å². The number of benzene rings is 1. The van der Waals surface area contributed by atoms with Crippen molar-refractivity contribution < 1.29 is 8.42 Å². The maximum atomic E-state index is 11.7. The quantitative estimate of drug-likeness (QED) is 0.839. The van der Waals surface area contributed by atoms with Gasteiger partial charge < -0.3 is 5.73 Å². The highest BCUT2D eigenvalue weighted by atomic mass is 79.9. The summed E-state index contributed by atoms with van der Waals surface area (Å²) in [6, 6.07) is 7.33. The van der Waals surface area contributed by atoms with Gasteiger partial charge in [0.25, 0.3) is 0 Å². The van der Waals surface area contributed by atoms with Gasteiger partial charge in [0.05, 0.1) is 5.75 Å². The monoisotopic (exact) mass is 320 g/mol. The van der Waals surface area contributed by atoms with E-state index in [0.29, 0.717) is 13.0 Å². The molecule has 1 unspecified atom stereocenters. The highest BCUT2D eigenvalue weighted by molar-refractivity contribution is 9.10. The van der Waals surface area contributed by atoms with Crippen molar-refractivity contribution in [2.75, 3.05) is 12.3 Å². The molecule has 17 heavy (non-hydrogen) atoms. The van der Waals surface area contributed by atoms with E-state index in [2.05, 4.69) is 20.7 Å². The molecule has 1 aromatic rings. The van der Waals surface area contributed by atoms with Gasteiger partial charge in [0.2, 0.25) is 10.0 Å². The van der Waals surface area contributed by atoms with Gasteiger partial charge in [-0.15, -0.1) is 0 Å². The van der Waals surface area contributed by atoms with Gasteiger partial charge in [-0.1, -0.05) is 28.1 Å². The maximum Gasteiger partial charge on any atom is 0.212 e. The average Bonchev–Trinajstić information content (AvgIpc) is 2.26. The van der Waals surface area contributed by atoms with Crippen LogP contribution in [0.5, 0.6) is 0 Å². The third kappa shape index (κ3) is 5.16. The molecular weight excluding hydrogens is 304 g/mol. The van der Waals surface area contributed by atoms with Gasteiger partial charge in [-0.3, -0.25) is 0 Å². The topological polar surface area (TPSA) is 72.2 Å². The molecule has 0 aliphatic heterocycles. The van der Waals surface area contributed by atoms with Gasteiger partial charge in [0.15, 0.2) is 0 Å². The lowest BCUT2D eigenvalue weighted by Gasteiger charge is -2.14. The SMILES string of the molecule is CC(NS(=O)(=O)CCCN)c1cccc(Br)c1. The van der Waals surface area contributed by atoms with E-state index in [1.165, 1.54) is 0 Å². The molecule has 96 valence electrons. The Morgan fingerprint density at radius 3 is 2.76 bits per heavy atom. The van der Waals surface area contributed by atoms with Gasteiger partial charge in [-0.2, -0.15) is 0 Å². The minimum absolute atomic E-state index is 0.0713. The van der Waals surface area contributed by atoms with Crippen LogP contribution in [0.15, 0.2) is 28.7 Å². The lowest BCUT2D eigenvalue weighted by Crippen LogP contribution is -2.30. The molecule has 0 saturated carbocycles. The second-order valence-electron chi connectivity index (χ2n) is 3.86. The molecule has 0 fully saturated rings. The van der Waals surface area contributed by atoms with Crippen LogP contribution in [0, 0.1) is 0 Å². The van der Waals surface area contributed by atoms with Crippen molar-refractivity contribution in [3.05, 3.63) is 34.3 Å². The Labute approximate surface area is 111 Å². The summed E-state index contributed by atoms with van der Waals surface area (Å²) in [5.74, 6) is 0.0713. The zero-order chi connectivity index (χ0) is 12.9. The molecular formula is C11H17BrN2O2S. The first-order chi connectivity index (χ1) is 7.94. The summed E-state index contributed by atoms with van der Waals surface area (Å²) < 4.78 is 26.9. The normalized spacial score (nSPS) is 13.6. The number of hydrogen-bond acceptors (Lipinski definition) is 3. The van der Waals surface area contributed by atoms with Gasteiger partial charge in [-0.25, -0.2) is 13.1 Å². The molecule has 0 bridgehead atoms. The summed E-state index contributed by atoms with van der Waals surface area (Å²) in [5, 5.41) is 0. The molecule has 1 atom stereocenters. The average molecular weight is 321 g/mol. The predicted octanol–water partition coefficient (Wildman–Crippen LogP) is 1.78. The van der Waals surface area contributed by atoms with Gasteiger partial charge in [-0.05, 0) is 37.6 Å². The maximum absolute atomic E-state index is 11.7. The highest BCUT2D eigenvalue weighted by Crippen LogP contribution is 2.18. The van der Waals surface area contributed by atoms with Crippen LogP contribution in [0.3, 0.4) is 0 Å². The Kier molecular flexibility index (Phi) is 5.58. The molecule has 0 saturated heterocycles. The summed E-state index contributed by atoms with van der Waals surface area (Å²) in [5.41, 5.74) is 6.23. The largest absolute Gasteiger partial charge is 0.330 e. The number of nitrogens with one attached hydrogen (secondary N) is 1. The van der Waals surface area contributed by atoms with E-state index in [-0.39, 0.29) is 11.8 Å². The lowest BCUT2D eigenvalue weighted by atomic mass is 10.1. The van der Waals surface area contributed by atoms with E-state index in [0.717, 1.165) is 10.0 Å². The van der Waals surface area contributed by atoms with Crippen molar-refractivity contribution in [1.82, 2.24) is 4.72 Å². The predicted molar refractivity (Wildman–Crippen MR) is 73.2 cm³/mol. The Bertz CT molecular complexity index is 462. The Morgan fingerprint density at radius 2 is 2.18 bits per heavy atom. The summed E-state index contributed by atoms with van der Waals surface area (Å²) in [6.45, 7) is 2.20. The Hall–Kier alpha value is -0.430. The van der Waals surface area contributed by atoms with Crippen LogP contribution >= 0.6 is 15.9 Å². The van der Waals surface area contributed by atoms with E-state index in [1.807, 2.05) is 31.2 Å². The van der Waals surface area contributed by atoms with Crippen molar-refractivity contribution in [3.8, 4) is 0 Å². The van der Waals surface area contributed by atoms with Crippen LogP contribution < -0.4 is 10.5 Å². The summed E-state index contributed by atoms with van der Waals surface area (Å²) in [6.07, 6.45) is 0.473. The molecule has 3 N–H and O–H groups in total. The van der Waals surface area contributed by atoms with Crippen molar-refractivity contribution in [2.45, 2.75) is 19.4 Å². The van der Waals surface area contributed by atoms with E-state index in [1.54, 1.807) is 0 Å². The number of halogens is 1. The first-order valence-corrected chi connectivity index (χ1v) is 7.84. The van der Waals surface area contributed by atoms with Crippen molar-refractivity contribution in [1.29, 1.82) is 0 Å². The standard InChI is InChI=1S/C11H17BrN2O2S/c1-9(10-4-2-5-11(12)8-10)14-17(15,16)7-3-6-13/h2,4-5,8-9,14H,3,6-7,13H2,1H3. The number of sulfonamides is 1. The van der Waals surface area contributed by atoms with Crippen molar-refractivity contribution >= 4 is 26.0 Å². The smallest absolute Gasteiger partial charge is 0.212 e. The zero-order valence-electron chi connectivity index (χ0n) is 9.69. The second kappa shape index (κ2) is 6.49. The van der Waals surface area contributed by atoms with Crippen LogP contribution in [0.25, 0.3) is 0 Å².